The van der Waals surface area contributed by atoms with Crippen molar-refractivity contribution in [3.8, 4) is 17.2 Å². The maximum absolute atomic E-state index is 5.99. The molecule has 190 valence electrons. The van der Waals surface area contributed by atoms with Crippen LogP contribution in [0.2, 0.25) is 0 Å². The molecular formula is C28H36N6O2. The van der Waals surface area contributed by atoms with Gasteiger partial charge in [0.2, 0.25) is 0 Å². The van der Waals surface area contributed by atoms with Crippen molar-refractivity contribution < 1.29 is 9.47 Å². The van der Waals surface area contributed by atoms with Crippen LogP contribution in [0.4, 0.5) is 17.2 Å². The van der Waals surface area contributed by atoms with E-state index in [-0.39, 0.29) is 0 Å². The van der Waals surface area contributed by atoms with Gasteiger partial charge in [-0.3, -0.25) is 0 Å². The zero-order chi connectivity index (χ0) is 25.8. The van der Waals surface area contributed by atoms with Crippen LogP contribution in [0.5, 0.6) is 11.5 Å². The largest absolute Gasteiger partial charge is 0.497 e. The molecule has 8 nitrogen and oxygen atoms in total. The first kappa shape index (κ1) is 25.2. The molecule has 1 aliphatic rings. The van der Waals surface area contributed by atoms with Gasteiger partial charge in [0.05, 0.1) is 25.6 Å². The fourth-order valence-electron chi connectivity index (χ4n) is 4.74. The van der Waals surface area contributed by atoms with E-state index in [1.807, 2.05) is 57.2 Å². The maximum Gasteiger partial charge on any atom is 0.161 e. The summed E-state index contributed by atoms with van der Waals surface area (Å²) in [6, 6.07) is 13.9. The molecule has 0 saturated carbocycles. The van der Waals surface area contributed by atoms with Crippen molar-refractivity contribution in [2.24, 2.45) is 0 Å². The van der Waals surface area contributed by atoms with Crippen LogP contribution >= 0.6 is 0 Å². The average molecular weight is 489 g/mol. The summed E-state index contributed by atoms with van der Waals surface area (Å²) in [6.45, 7) is 11.6. The van der Waals surface area contributed by atoms with Crippen LogP contribution in [0.15, 0.2) is 48.7 Å². The van der Waals surface area contributed by atoms with Gasteiger partial charge in [0, 0.05) is 66.3 Å². The van der Waals surface area contributed by atoms with E-state index in [4.69, 9.17) is 15.2 Å². The van der Waals surface area contributed by atoms with Gasteiger partial charge in [-0.2, -0.15) is 5.10 Å². The summed E-state index contributed by atoms with van der Waals surface area (Å²) in [5, 5.41) is 11.4. The average Bonchev–Trinajstić information content (AvgIpc) is 3.27. The predicted octanol–water partition coefficient (Wildman–Crippen LogP) is 4.99. The molecule has 2 aromatic carbocycles. The van der Waals surface area contributed by atoms with Crippen molar-refractivity contribution in [2.45, 2.75) is 27.7 Å². The lowest BCUT2D eigenvalue weighted by molar-refractivity contribution is 0.393. The van der Waals surface area contributed by atoms with Crippen molar-refractivity contribution in [2.75, 3.05) is 55.9 Å². The van der Waals surface area contributed by atoms with Gasteiger partial charge in [-0.1, -0.05) is 19.9 Å². The van der Waals surface area contributed by atoms with Crippen LogP contribution in [0.3, 0.4) is 0 Å². The van der Waals surface area contributed by atoms with Gasteiger partial charge < -0.3 is 29.6 Å². The SMILES string of the molecule is CC.COc1ccc(-n2cc3c(C)nnc(N4CCN(c5cccc(N)c5)CC4)c3c2C)c(OC)c1. The highest BCUT2D eigenvalue weighted by atomic mass is 16.5. The molecule has 0 spiro atoms. The lowest BCUT2D eigenvalue weighted by Crippen LogP contribution is -2.47. The number of nitrogen functional groups attached to an aromatic ring is 1. The number of fused-ring (bicyclic) bond motifs is 1. The van der Waals surface area contributed by atoms with E-state index < -0.39 is 0 Å². The first-order valence-corrected chi connectivity index (χ1v) is 12.4. The molecule has 1 aliphatic heterocycles. The Kier molecular flexibility index (Phi) is 7.52. The molecular weight excluding hydrogens is 452 g/mol. The third kappa shape index (κ3) is 4.63. The fourth-order valence-corrected chi connectivity index (χ4v) is 4.74. The van der Waals surface area contributed by atoms with Crippen molar-refractivity contribution >= 4 is 28.0 Å². The third-order valence-corrected chi connectivity index (χ3v) is 6.62. The number of piperazine rings is 1. The lowest BCUT2D eigenvalue weighted by Gasteiger charge is -2.37. The Morgan fingerprint density at radius 2 is 1.58 bits per heavy atom. The van der Waals surface area contributed by atoms with E-state index in [9.17, 15) is 0 Å². The van der Waals surface area contributed by atoms with Gasteiger partial charge in [0.25, 0.3) is 0 Å². The van der Waals surface area contributed by atoms with Crippen molar-refractivity contribution in [3.63, 3.8) is 0 Å². The first-order valence-electron chi connectivity index (χ1n) is 12.4. The fraction of sp³-hybridized carbons (Fsp3) is 0.357. The summed E-state index contributed by atoms with van der Waals surface area (Å²) in [6.07, 6.45) is 2.13. The summed E-state index contributed by atoms with van der Waals surface area (Å²) in [5.74, 6) is 2.43. The number of hydrogen-bond acceptors (Lipinski definition) is 7. The smallest absolute Gasteiger partial charge is 0.161 e. The minimum Gasteiger partial charge on any atom is -0.497 e. The summed E-state index contributed by atoms with van der Waals surface area (Å²) >= 11 is 0. The van der Waals surface area contributed by atoms with Gasteiger partial charge in [-0.15, -0.1) is 5.10 Å². The number of hydrogen-bond donors (Lipinski definition) is 1. The van der Waals surface area contributed by atoms with Crippen LogP contribution in [0.1, 0.15) is 25.2 Å². The summed E-state index contributed by atoms with van der Waals surface area (Å²) in [5.41, 5.74) is 10.9. The standard InChI is InChI=1S/C26H30N6O2.C2H6/c1-17-22-16-32(23-9-8-21(33-3)15-24(23)34-4)18(2)25(22)26(29-28-17)31-12-10-30(11-13-31)20-7-5-6-19(27)14-20;1-2/h5-9,14-16H,10-13,27H2,1-4H3;1-2H3. The Labute approximate surface area is 213 Å². The van der Waals surface area contributed by atoms with Crippen LogP contribution < -0.4 is 25.0 Å². The third-order valence-electron chi connectivity index (χ3n) is 6.62. The minimum atomic E-state index is 0.749. The summed E-state index contributed by atoms with van der Waals surface area (Å²) in [7, 11) is 3.33. The second-order valence-corrected chi connectivity index (χ2v) is 8.59. The molecule has 2 N–H and O–H groups in total. The van der Waals surface area contributed by atoms with Crippen molar-refractivity contribution in [3.05, 3.63) is 60.0 Å². The number of aryl methyl sites for hydroxylation is 2. The van der Waals surface area contributed by atoms with Gasteiger partial charge >= 0.3 is 0 Å². The van der Waals surface area contributed by atoms with Gasteiger partial charge in [0.15, 0.2) is 5.82 Å². The molecule has 1 saturated heterocycles. The van der Waals surface area contributed by atoms with Gasteiger partial charge in [-0.25, -0.2) is 0 Å². The zero-order valence-corrected chi connectivity index (χ0v) is 22.1. The highest BCUT2D eigenvalue weighted by Crippen LogP contribution is 2.36. The molecule has 0 atom stereocenters. The molecule has 0 aliphatic carbocycles. The van der Waals surface area contributed by atoms with Crippen molar-refractivity contribution in [1.29, 1.82) is 0 Å². The predicted molar refractivity (Wildman–Crippen MR) is 148 cm³/mol. The molecule has 0 bridgehead atoms. The highest BCUT2D eigenvalue weighted by Gasteiger charge is 2.24. The Balaban J connectivity index is 0.00000148. The monoisotopic (exact) mass is 488 g/mol. The van der Waals surface area contributed by atoms with Crippen LogP contribution in [0, 0.1) is 13.8 Å². The van der Waals surface area contributed by atoms with Crippen molar-refractivity contribution in [1.82, 2.24) is 14.8 Å². The summed E-state index contributed by atoms with van der Waals surface area (Å²) < 4.78 is 13.2. The van der Waals surface area contributed by atoms with E-state index >= 15 is 0 Å². The highest BCUT2D eigenvalue weighted by molar-refractivity contribution is 5.96. The Bertz CT molecular complexity index is 1340. The molecule has 4 aromatic rings. The van der Waals surface area contributed by atoms with Gasteiger partial charge in [-0.05, 0) is 44.2 Å². The van der Waals surface area contributed by atoms with E-state index in [1.54, 1.807) is 14.2 Å². The number of aromatic nitrogens is 3. The molecule has 36 heavy (non-hydrogen) atoms. The number of anilines is 3. The number of ether oxygens (including phenoxy) is 2. The number of nitrogens with two attached hydrogens (primary N) is 1. The van der Waals surface area contributed by atoms with E-state index in [1.165, 1.54) is 0 Å². The van der Waals surface area contributed by atoms with E-state index in [0.717, 1.165) is 82.7 Å². The molecule has 0 unspecified atom stereocenters. The molecule has 2 aromatic heterocycles. The van der Waals surface area contributed by atoms with Crippen LogP contribution in [-0.2, 0) is 0 Å². The van der Waals surface area contributed by atoms with E-state index in [0.29, 0.717) is 0 Å². The molecule has 0 amide bonds. The zero-order valence-electron chi connectivity index (χ0n) is 22.1. The number of benzene rings is 2. The second kappa shape index (κ2) is 10.8. The van der Waals surface area contributed by atoms with Crippen LogP contribution in [0.25, 0.3) is 16.5 Å². The number of rotatable bonds is 5. The molecule has 1 fully saturated rings. The molecule has 0 radical (unpaired) electrons. The van der Waals surface area contributed by atoms with Gasteiger partial charge in [0.1, 0.15) is 11.5 Å². The Hall–Kier alpha value is -3.94. The van der Waals surface area contributed by atoms with Crippen LogP contribution in [-0.4, -0.2) is 55.2 Å². The number of nitrogens with zero attached hydrogens (tertiary/aromatic N) is 5. The normalized spacial score (nSPS) is 13.4. The minimum absolute atomic E-state index is 0.749. The maximum atomic E-state index is 5.99. The topological polar surface area (TPSA) is 81.7 Å². The number of methoxy groups -OCH3 is 2. The Morgan fingerprint density at radius 1 is 0.861 bits per heavy atom. The molecule has 3 heterocycles. The molecule has 8 heteroatoms. The second-order valence-electron chi connectivity index (χ2n) is 8.59. The lowest BCUT2D eigenvalue weighted by atomic mass is 10.1. The first-order chi connectivity index (χ1) is 17.5. The van der Waals surface area contributed by atoms with E-state index in [2.05, 4.69) is 43.8 Å². The quantitative estimate of drug-likeness (QED) is 0.396. The Morgan fingerprint density at radius 3 is 2.25 bits per heavy atom. The molecule has 5 rings (SSSR count). The summed E-state index contributed by atoms with van der Waals surface area (Å²) in [4.78, 5) is 4.70.